The minimum Gasteiger partial charge on any atom is -0.369 e. The summed E-state index contributed by atoms with van der Waals surface area (Å²) >= 11 is 12.3. The van der Waals surface area contributed by atoms with E-state index >= 15 is 0 Å². The van der Waals surface area contributed by atoms with Gasteiger partial charge < -0.3 is 10.2 Å². The average molecular weight is 451 g/mol. The summed E-state index contributed by atoms with van der Waals surface area (Å²) in [6, 6.07) is 8.17. The van der Waals surface area contributed by atoms with E-state index < -0.39 is 0 Å². The molecular weight excluding hydrogens is 419 g/mol. The Balaban J connectivity index is 1.31. The van der Waals surface area contributed by atoms with Crippen LogP contribution in [0.2, 0.25) is 10.0 Å². The van der Waals surface area contributed by atoms with E-state index in [1.54, 1.807) is 6.07 Å². The zero-order chi connectivity index (χ0) is 21.3. The SMILES string of the molecule is N#CCCCC(=O)N[C@H]1CC[C@H](CCN2CCN(c3cc(Cl)cc(Cl)c3)CC2)CC1. The van der Waals surface area contributed by atoms with Crippen molar-refractivity contribution in [2.75, 3.05) is 37.6 Å². The monoisotopic (exact) mass is 450 g/mol. The highest BCUT2D eigenvalue weighted by Gasteiger charge is 2.24. The molecule has 1 heterocycles. The van der Waals surface area contributed by atoms with E-state index in [1.165, 1.54) is 19.3 Å². The summed E-state index contributed by atoms with van der Waals surface area (Å²) in [6.07, 6.45) is 7.40. The number of nitrogens with one attached hydrogen (secondary N) is 1. The molecule has 1 saturated heterocycles. The number of unbranched alkanes of at least 4 members (excludes halogenated alkanes) is 1. The van der Waals surface area contributed by atoms with Gasteiger partial charge in [0.25, 0.3) is 0 Å². The summed E-state index contributed by atoms with van der Waals surface area (Å²) in [6.45, 7) is 5.29. The number of halogens is 2. The molecule has 1 amide bonds. The number of hydrogen-bond donors (Lipinski definition) is 1. The van der Waals surface area contributed by atoms with Gasteiger partial charge in [-0.15, -0.1) is 0 Å². The number of rotatable bonds is 8. The van der Waals surface area contributed by atoms with Gasteiger partial charge in [-0.25, -0.2) is 0 Å². The Kier molecular flexibility index (Phi) is 9.11. The highest BCUT2D eigenvalue weighted by atomic mass is 35.5. The van der Waals surface area contributed by atoms with Crippen molar-refractivity contribution in [1.82, 2.24) is 10.2 Å². The lowest BCUT2D eigenvalue weighted by atomic mass is 9.84. The predicted molar refractivity (Wildman–Crippen MR) is 123 cm³/mol. The molecule has 0 bridgehead atoms. The number of amides is 1. The van der Waals surface area contributed by atoms with Crippen molar-refractivity contribution in [2.24, 2.45) is 5.92 Å². The Morgan fingerprint density at radius 3 is 2.37 bits per heavy atom. The largest absolute Gasteiger partial charge is 0.369 e. The summed E-state index contributed by atoms with van der Waals surface area (Å²) < 4.78 is 0. The first-order valence-corrected chi connectivity index (χ1v) is 11.9. The second kappa shape index (κ2) is 11.8. The smallest absolute Gasteiger partial charge is 0.220 e. The molecule has 2 fully saturated rings. The molecule has 3 rings (SSSR count). The van der Waals surface area contributed by atoms with E-state index in [9.17, 15) is 4.79 Å². The first-order chi connectivity index (χ1) is 14.5. The second-order valence-electron chi connectivity index (χ2n) is 8.54. The van der Waals surface area contributed by atoms with E-state index in [4.69, 9.17) is 28.5 Å². The van der Waals surface area contributed by atoms with Crippen LogP contribution in [0, 0.1) is 17.2 Å². The molecule has 1 N–H and O–H groups in total. The van der Waals surface area contributed by atoms with Gasteiger partial charge in [0.05, 0.1) is 6.07 Å². The summed E-state index contributed by atoms with van der Waals surface area (Å²) in [5.74, 6) is 0.870. The zero-order valence-corrected chi connectivity index (χ0v) is 19.1. The number of benzene rings is 1. The third kappa shape index (κ3) is 7.34. The van der Waals surface area contributed by atoms with Crippen molar-refractivity contribution in [3.05, 3.63) is 28.2 Å². The van der Waals surface area contributed by atoms with Crippen molar-refractivity contribution in [3.8, 4) is 6.07 Å². The summed E-state index contributed by atoms with van der Waals surface area (Å²) in [5.41, 5.74) is 1.11. The van der Waals surface area contributed by atoms with Gasteiger partial charge in [0, 0.05) is 60.8 Å². The van der Waals surface area contributed by atoms with Crippen molar-refractivity contribution in [2.45, 2.75) is 57.4 Å². The molecule has 1 aromatic rings. The standard InChI is InChI=1S/C23H32Cl2N4O/c24-19-15-20(25)17-22(16-19)29-13-11-28(12-14-29)10-8-18-4-6-21(7-5-18)27-23(30)3-1-2-9-26/h15-18,21H,1-8,10-14H2,(H,27,30)/t18-,21-. The van der Waals surface area contributed by atoms with Crippen LogP contribution in [0.15, 0.2) is 18.2 Å². The molecular formula is C23H32Cl2N4O. The minimum atomic E-state index is 0.104. The number of nitrogens with zero attached hydrogens (tertiary/aromatic N) is 3. The molecule has 0 spiro atoms. The molecule has 1 aromatic carbocycles. The van der Waals surface area contributed by atoms with Crippen LogP contribution in [0.25, 0.3) is 0 Å². The van der Waals surface area contributed by atoms with Crippen molar-refractivity contribution in [1.29, 1.82) is 5.26 Å². The Labute approximate surface area is 190 Å². The summed E-state index contributed by atoms with van der Waals surface area (Å²) in [7, 11) is 0. The average Bonchev–Trinajstić information content (AvgIpc) is 2.73. The van der Waals surface area contributed by atoms with E-state index in [-0.39, 0.29) is 5.91 Å². The van der Waals surface area contributed by atoms with Gasteiger partial charge in [-0.2, -0.15) is 5.26 Å². The van der Waals surface area contributed by atoms with Crippen molar-refractivity contribution < 1.29 is 4.79 Å². The highest BCUT2D eigenvalue weighted by molar-refractivity contribution is 6.35. The molecule has 2 aliphatic rings. The lowest BCUT2D eigenvalue weighted by Gasteiger charge is -2.37. The molecule has 1 aliphatic carbocycles. The second-order valence-corrected chi connectivity index (χ2v) is 9.41. The maximum atomic E-state index is 11.9. The maximum absolute atomic E-state index is 11.9. The number of piperazine rings is 1. The van der Waals surface area contributed by atoms with Gasteiger partial charge in [-0.3, -0.25) is 9.69 Å². The van der Waals surface area contributed by atoms with Crippen LogP contribution in [-0.4, -0.2) is 49.6 Å². The third-order valence-corrected chi connectivity index (χ3v) is 6.78. The van der Waals surface area contributed by atoms with Crippen LogP contribution < -0.4 is 10.2 Å². The molecule has 1 saturated carbocycles. The normalized spacial score (nSPS) is 22.5. The van der Waals surface area contributed by atoms with Crippen LogP contribution in [0.4, 0.5) is 5.69 Å². The van der Waals surface area contributed by atoms with E-state index in [0.29, 0.717) is 35.3 Å². The number of nitriles is 1. The quantitative estimate of drug-likeness (QED) is 0.573. The van der Waals surface area contributed by atoms with Crippen LogP contribution in [0.3, 0.4) is 0 Å². The molecule has 5 nitrogen and oxygen atoms in total. The molecule has 7 heteroatoms. The molecule has 164 valence electrons. The number of carbonyl (C=O) groups is 1. The Morgan fingerprint density at radius 1 is 1.07 bits per heavy atom. The topological polar surface area (TPSA) is 59.4 Å². The fourth-order valence-electron chi connectivity index (χ4n) is 4.54. The van der Waals surface area contributed by atoms with E-state index in [2.05, 4.69) is 21.2 Å². The molecule has 0 aromatic heterocycles. The molecule has 30 heavy (non-hydrogen) atoms. The first-order valence-electron chi connectivity index (χ1n) is 11.1. The Morgan fingerprint density at radius 2 is 1.73 bits per heavy atom. The zero-order valence-electron chi connectivity index (χ0n) is 17.6. The van der Waals surface area contributed by atoms with Crippen molar-refractivity contribution >= 4 is 34.8 Å². The number of anilines is 1. The van der Waals surface area contributed by atoms with Gasteiger partial charge in [-0.05, 0) is 69.2 Å². The Bertz CT molecular complexity index is 715. The third-order valence-electron chi connectivity index (χ3n) is 6.34. The lowest BCUT2D eigenvalue weighted by Crippen LogP contribution is -2.47. The number of carbonyl (C=O) groups excluding carboxylic acids is 1. The van der Waals surface area contributed by atoms with E-state index in [0.717, 1.165) is 57.2 Å². The summed E-state index contributed by atoms with van der Waals surface area (Å²) in [4.78, 5) is 16.8. The maximum Gasteiger partial charge on any atom is 0.220 e. The molecule has 0 atom stereocenters. The summed E-state index contributed by atoms with van der Waals surface area (Å²) in [5, 5.41) is 13.1. The van der Waals surface area contributed by atoms with Gasteiger partial charge in [0.1, 0.15) is 0 Å². The Hall–Kier alpha value is -1.48. The lowest BCUT2D eigenvalue weighted by molar-refractivity contribution is -0.122. The first kappa shape index (κ1) is 23.2. The van der Waals surface area contributed by atoms with Crippen LogP contribution in [0.5, 0.6) is 0 Å². The molecule has 0 unspecified atom stereocenters. The van der Waals surface area contributed by atoms with Gasteiger partial charge in [-0.1, -0.05) is 23.2 Å². The highest BCUT2D eigenvalue weighted by Crippen LogP contribution is 2.28. The van der Waals surface area contributed by atoms with Crippen LogP contribution in [-0.2, 0) is 4.79 Å². The fraction of sp³-hybridized carbons (Fsp3) is 0.652. The molecule has 1 aliphatic heterocycles. The van der Waals surface area contributed by atoms with Gasteiger partial charge in [0.15, 0.2) is 0 Å². The predicted octanol–water partition coefficient (Wildman–Crippen LogP) is 4.87. The molecule has 0 radical (unpaired) electrons. The van der Waals surface area contributed by atoms with E-state index in [1.807, 2.05) is 12.1 Å². The van der Waals surface area contributed by atoms with Gasteiger partial charge in [0.2, 0.25) is 5.91 Å². The van der Waals surface area contributed by atoms with Crippen LogP contribution in [0.1, 0.15) is 51.4 Å². The van der Waals surface area contributed by atoms with Crippen LogP contribution >= 0.6 is 23.2 Å². The minimum absolute atomic E-state index is 0.104. The van der Waals surface area contributed by atoms with Gasteiger partial charge >= 0.3 is 0 Å². The fourth-order valence-corrected chi connectivity index (χ4v) is 5.05. The van der Waals surface area contributed by atoms with Crippen molar-refractivity contribution in [3.63, 3.8) is 0 Å². The number of hydrogen-bond acceptors (Lipinski definition) is 4.